The zero-order chi connectivity index (χ0) is 13.1. The molecule has 5 heteroatoms. The van der Waals surface area contributed by atoms with Crippen LogP contribution in [0, 0.1) is 0 Å². The Labute approximate surface area is 115 Å². The van der Waals surface area contributed by atoms with Crippen molar-refractivity contribution in [3.63, 3.8) is 0 Å². The number of thiophene rings is 1. The van der Waals surface area contributed by atoms with E-state index in [0.29, 0.717) is 5.82 Å². The maximum atomic E-state index is 5.61. The van der Waals surface area contributed by atoms with E-state index < -0.39 is 0 Å². The third-order valence-electron chi connectivity index (χ3n) is 2.97. The Kier molecular flexibility index (Phi) is 3.29. The second kappa shape index (κ2) is 5.24. The number of rotatable bonds is 4. The van der Waals surface area contributed by atoms with Gasteiger partial charge in [0.2, 0.25) is 0 Å². The van der Waals surface area contributed by atoms with Gasteiger partial charge in [-0.05, 0) is 30.0 Å². The van der Waals surface area contributed by atoms with Crippen molar-refractivity contribution in [1.29, 1.82) is 0 Å². The lowest BCUT2D eigenvalue weighted by atomic mass is 10.2. The lowest BCUT2D eigenvalue weighted by molar-refractivity contribution is 0.707. The van der Waals surface area contributed by atoms with Crippen LogP contribution in [0.15, 0.2) is 48.4 Å². The Morgan fingerprint density at radius 3 is 2.89 bits per heavy atom. The molecule has 3 heterocycles. The summed E-state index contributed by atoms with van der Waals surface area (Å²) in [5, 5.41) is 2.11. The Morgan fingerprint density at radius 2 is 2.16 bits per heavy atom. The second-order valence-electron chi connectivity index (χ2n) is 4.27. The number of anilines is 1. The van der Waals surface area contributed by atoms with Gasteiger partial charge in [-0.15, -0.1) is 11.3 Å². The predicted molar refractivity (Wildman–Crippen MR) is 77.9 cm³/mol. The van der Waals surface area contributed by atoms with E-state index in [2.05, 4.69) is 32.0 Å². The van der Waals surface area contributed by atoms with Crippen molar-refractivity contribution in [1.82, 2.24) is 14.5 Å². The Hall–Kier alpha value is -2.14. The van der Waals surface area contributed by atoms with Crippen molar-refractivity contribution >= 4 is 17.2 Å². The molecule has 0 atom stereocenters. The molecule has 3 rings (SSSR count). The van der Waals surface area contributed by atoms with Gasteiger partial charge in [0.15, 0.2) is 0 Å². The summed E-state index contributed by atoms with van der Waals surface area (Å²) < 4.78 is 2.15. The molecule has 3 aromatic rings. The number of pyridine rings is 1. The molecular weight excluding hydrogens is 256 g/mol. The largest absolute Gasteiger partial charge is 0.384 e. The lowest BCUT2D eigenvalue weighted by Gasteiger charge is -2.07. The maximum absolute atomic E-state index is 5.61. The lowest BCUT2D eigenvalue weighted by Crippen LogP contribution is -2.01. The van der Waals surface area contributed by atoms with Crippen LogP contribution < -0.4 is 5.73 Å². The van der Waals surface area contributed by atoms with E-state index >= 15 is 0 Å². The summed E-state index contributed by atoms with van der Waals surface area (Å²) >= 11 is 1.79. The summed E-state index contributed by atoms with van der Waals surface area (Å²) in [6.45, 7) is 0.917. The van der Waals surface area contributed by atoms with E-state index in [-0.39, 0.29) is 0 Å². The third kappa shape index (κ3) is 2.66. The van der Waals surface area contributed by atoms with E-state index in [0.717, 1.165) is 24.2 Å². The summed E-state index contributed by atoms with van der Waals surface area (Å²) in [4.78, 5) is 9.74. The molecule has 0 aliphatic heterocycles. The zero-order valence-electron chi connectivity index (χ0n) is 10.4. The van der Waals surface area contributed by atoms with Crippen LogP contribution in [0.4, 0.5) is 5.82 Å². The number of aryl methyl sites for hydroxylation is 2. The molecule has 4 nitrogen and oxygen atoms in total. The molecule has 0 spiro atoms. The summed E-state index contributed by atoms with van der Waals surface area (Å²) in [6.07, 6.45) is 6.53. The van der Waals surface area contributed by atoms with Gasteiger partial charge in [-0.1, -0.05) is 6.07 Å². The standard InChI is InChI=1S/C14H14N4S/c15-14-4-3-11(8-17-14)13-9-16-10-18(13)6-5-12-2-1-7-19-12/h1-4,7-10H,5-6H2,(H2,15,17). The fraction of sp³-hybridized carbons (Fsp3) is 0.143. The van der Waals surface area contributed by atoms with E-state index in [1.165, 1.54) is 4.88 Å². The van der Waals surface area contributed by atoms with E-state index in [1.807, 2.05) is 24.7 Å². The molecule has 0 fully saturated rings. The SMILES string of the molecule is Nc1ccc(-c2cncn2CCc2cccs2)cn1. The molecule has 0 aromatic carbocycles. The predicted octanol–water partition coefficient (Wildman–Crippen LogP) is 2.83. The highest BCUT2D eigenvalue weighted by molar-refractivity contribution is 7.09. The van der Waals surface area contributed by atoms with Crippen molar-refractivity contribution < 1.29 is 0 Å². The van der Waals surface area contributed by atoms with E-state index in [4.69, 9.17) is 5.73 Å². The minimum atomic E-state index is 0.536. The number of nitrogens with zero attached hydrogens (tertiary/aromatic N) is 3. The highest BCUT2D eigenvalue weighted by Crippen LogP contribution is 2.19. The smallest absolute Gasteiger partial charge is 0.123 e. The zero-order valence-corrected chi connectivity index (χ0v) is 11.2. The highest BCUT2D eigenvalue weighted by Gasteiger charge is 2.06. The normalized spacial score (nSPS) is 10.7. The average molecular weight is 270 g/mol. The summed E-state index contributed by atoms with van der Waals surface area (Å²) in [5.74, 6) is 0.536. The van der Waals surface area contributed by atoms with E-state index in [1.54, 1.807) is 17.5 Å². The number of nitrogen functional groups attached to an aromatic ring is 1. The Bertz CT molecular complexity index is 640. The monoisotopic (exact) mass is 270 g/mol. The first-order valence-electron chi connectivity index (χ1n) is 6.07. The van der Waals surface area contributed by atoms with Crippen molar-refractivity contribution in [2.45, 2.75) is 13.0 Å². The minimum absolute atomic E-state index is 0.536. The fourth-order valence-electron chi connectivity index (χ4n) is 1.98. The number of hydrogen-bond acceptors (Lipinski definition) is 4. The molecule has 2 N–H and O–H groups in total. The van der Waals surface area contributed by atoms with Crippen LogP contribution in [-0.2, 0) is 13.0 Å². The van der Waals surface area contributed by atoms with Crippen LogP contribution in [0.1, 0.15) is 4.88 Å². The van der Waals surface area contributed by atoms with Crippen LogP contribution in [0.3, 0.4) is 0 Å². The summed E-state index contributed by atoms with van der Waals surface area (Å²) in [7, 11) is 0. The topological polar surface area (TPSA) is 56.7 Å². The highest BCUT2D eigenvalue weighted by atomic mass is 32.1. The first kappa shape index (κ1) is 11.9. The number of aromatic nitrogens is 3. The van der Waals surface area contributed by atoms with Gasteiger partial charge in [-0.3, -0.25) is 0 Å². The van der Waals surface area contributed by atoms with Gasteiger partial charge in [-0.25, -0.2) is 9.97 Å². The molecule has 19 heavy (non-hydrogen) atoms. The van der Waals surface area contributed by atoms with Crippen molar-refractivity contribution in [3.8, 4) is 11.3 Å². The molecule has 96 valence electrons. The van der Waals surface area contributed by atoms with Crippen LogP contribution in [0.5, 0.6) is 0 Å². The molecule has 0 aliphatic carbocycles. The summed E-state index contributed by atoms with van der Waals surface area (Å²) in [5.41, 5.74) is 7.72. The van der Waals surface area contributed by atoms with Gasteiger partial charge in [-0.2, -0.15) is 0 Å². The van der Waals surface area contributed by atoms with Gasteiger partial charge in [0.05, 0.1) is 18.2 Å². The first-order chi connectivity index (χ1) is 9.33. The van der Waals surface area contributed by atoms with E-state index in [9.17, 15) is 0 Å². The van der Waals surface area contributed by atoms with Crippen LogP contribution >= 0.6 is 11.3 Å². The van der Waals surface area contributed by atoms with Gasteiger partial charge in [0, 0.05) is 23.2 Å². The van der Waals surface area contributed by atoms with Crippen LogP contribution in [0.25, 0.3) is 11.3 Å². The van der Waals surface area contributed by atoms with Gasteiger partial charge in [0.1, 0.15) is 5.82 Å². The number of nitrogens with two attached hydrogens (primary N) is 1. The van der Waals surface area contributed by atoms with Crippen LogP contribution in [0.2, 0.25) is 0 Å². The van der Waals surface area contributed by atoms with Crippen molar-refractivity contribution in [2.24, 2.45) is 0 Å². The van der Waals surface area contributed by atoms with Gasteiger partial charge >= 0.3 is 0 Å². The third-order valence-corrected chi connectivity index (χ3v) is 3.91. The number of imidazole rings is 1. The Morgan fingerprint density at radius 1 is 1.21 bits per heavy atom. The first-order valence-corrected chi connectivity index (χ1v) is 6.95. The average Bonchev–Trinajstić information content (AvgIpc) is 3.08. The molecule has 0 bridgehead atoms. The minimum Gasteiger partial charge on any atom is -0.384 e. The molecule has 0 radical (unpaired) electrons. The molecule has 0 saturated heterocycles. The molecule has 0 amide bonds. The van der Waals surface area contributed by atoms with Crippen molar-refractivity contribution in [2.75, 3.05) is 5.73 Å². The summed E-state index contributed by atoms with van der Waals surface area (Å²) in [6, 6.07) is 8.03. The van der Waals surface area contributed by atoms with Crippen molar-refractivity contribution in [3.05, 3.63) is 53.2 Å². The molecule has 0 aliphatic rings. The maximum Gasteiger partial charge on any atom is 0.123 e. The number of hydrogen-bond donors (Lipinski definition) is 1. The second-order valence-corrected chi connectivity index (χ2v) is 5.31. The van der Waals surface area contributed by atoms with Gasteiger partial charge in [0.25, 0.3) is 0 Å². The van der Waals surface area contributed by atoms with Crippen LogP contribution in [-0.4, -0.2) is 14.5 Å². The molecule has 0 saturated carbocycles. The molecule has 3 aromatic heterocycles. The quantitative estimate of drug-likeness (QED) is 0.793. The van der Waals surface area contributed by atoms with Gasteiger partial charge < -0.3 is 10.3 Å². The molecular formula is C14H14N4S. The molecule has 0 unspecified atom stereocenters. The fourth-order valence-corrected chi connectivity index (χ4v) is 2.68. The Balaban J connectivity index is 1.80.